The van der Waals surface area contributed by atoms with Crippen LogP contribution in [0.5, 0.6) is 0 Å². The van der Waals surface area contributed by atoms with Gasteiger partial charge in [-0.1, -0.05) is 6.58 Å². The SMILES string of the molecule is C=CC(C)=NC=C(C)C=N. The molecule has 0 aliphatic heterocycles. The summed E-state index contributed by atoms with van der Waals surface area (Å²) in [4.78, 5) is 4.00. The zero-order valence-corrected chi connectivity index (χ0v) is 6.39. The van der Waals surface area contributed by atoms with Crippen molar-refractivity contribution in [1.29, 1.82) is 5.41 Å². The van der Waals surface area contributed by atoms with E-state index in [4.69, 9.17) is 5.41 Å². The van der Waals surface area contributed by atoms with E-state index in [-0.39, 0.29) is 0 Å². The minimum Gasteiger partial charge on any atom is -0.308 e. The molecule has 0 saturated carbocycles. The molecule has 0 aromatic rings. The maximum absolute atomic E-state index is 6.82. The quantitative estimate of drug-likeness (QED) is 0.577. The van der Waals surface area contributed by atoms with Crippen molar-refractivity contribution in [2.45, 2.75) is 13.8 Å². The minimum absolute atomic E-state index is 0.834. The van der Waals surface area contributed by atoms with Gasteiger partial charge in [-0.3, -0.25) is 4.99 Å². The Labute approximate surface area is 61.5 Å². The maximum Gasteiger partial charge on any atom is 0.0366 e. The predicted molar refractivity (Wildman–Crippen MR) is 45.8 cm³/mol. The van der Waals surface area contributed by atoms with Crippen molar-refractivity contribution in [2.24, 2.45) is 4.99 Å². The standard InChI is InChI=1S/C8H12N2/c1-4-8(3)10-6-7(2)5-9/h4-6,9H,1H2,2-3H3. The summed E-state index contributed by atoms with van der Waals surface area (Å²) in [5.41, 5.74) is 1.70. The van der Waals surface area contributed by atoms with E-state index in [1.54, 1.807) is 12.3 Å². The number of aliphatic imine (C=N–C) groups is 1. The lowest BCUT2D eigenvalue weighted by Crippen LogP contribution is -1.81. The largest absolute Gasteiger partial charge is 0.308 e. The second-order valence-corrected chi connectivity index (χ2v) is 1.99. The van der Waals surface area contributed by atoms with Crippen LogP contribution in [-0.4, -0.2) is 11.9 Å². The number of nitrogens with zero attached hydrogens (tertiary/aromatic N) is 1. The van der Waals surface area contributed by atoms with Gasteiger partial charge in [-0.15, -0.1) is 0 Å². The lowest BCUT2D eigenvalue weighted by atomic mass is 10.3. The summed E-state index contributed by atoms with van der Waals surface area (Å²) in [5, 5.41) is 6.82. The van der Waals surface area contributed by atoms with Crippen LogP contribution in [0.4, 0.5) is 0 Å². The molecular formula is C8H12N2. The van der Waals surface area contributed by atoms with Crippen molar-refractivity contribution in [1.82, 2.24) is 0 Å². The molecule has 0 unspecified atom stereocenters. The van der Waals surface area contributed by atoms with E-state index in [9.17, 15) is 0 Å². The summed E-state index contributed by atoms with van der Waals surface area (Å²) >= 11 is 0. The first-order valence-electron chi connectivity index (χ1n) is 3.04. The van der Waals surface area contributed by atoms with Crippen LogP contribution >= 0.6 is 0 Å². The molecule has 0 amide bonds. The van der Waals surface area contributed by atoms with Crippen molar-refractivity contribution in [3.63, 3.8) is 0 Å². The van der Waals surface area contributed by atoms with Gasteiger partial charge in [-0.2, -0.15) is 0 Å². The summed E-state index contributed by atoms with van der Waals surface area (Å²) < 4.78 is 0. The highest BCUT2D eigenvalue weighted by molar-refractivity contribution is 5.93. The molecule has 2 heteroatoms. The highest BCUT2D eigenvalue weighted by Crippen LogP contribution is 1.88. The Bertz CT molecular complexity index is 165. The van der Waals surface area contributed by atoms with Gasteiger partial charge in [-0.25, -0.2) is 0 Å². The van der Waals surface area contributed by atoms with Crippen molar-refractivity contribution in [3.05, 3.63) is 24.4 Å². The lowest BCUT2D eigenvalue weighted by molar-refractivity contribution is 1.43. The van der Waals surface area contributed by atoms with E-state index in [0.717, 1.165) is 11.3 Å². The monoisotopic (exact) mass is 136 g/mol. The zero-order valence-electron chi connectivity index (χ0n) is 6.39. The first kappa shape index (κ1) is 8.82. The molecule has 0 fully saturated rings. The zero-order chi connectivity index (χ0) is 7.98. The number of hydrogen-bond acceptors (Lipinski definition) is 2. The predicted octanol–water partition coefficient (Wildman–Crippen LogP) is 2.19. The second-order valence-electron chi connectivity index (χ2n) is 1.99. The van der Waals surface area contributed by atoms with Gasteiger partial charge in [-0.05, 0) is 25.5 Å². The molecule has 54 valence electrons. The Balaban J connectivity index is 4.16. The molecule has 0 spiro atoms. The summed E-state index contributed by atoms with van der Waals surface area (Å²) in [5.74, 6) is 0. The van der Waals surface area contributed by atoms with Gasteiger partial charge < -0.3 is 5.41 Å². The van der Waals surface area contributed by atoms with E-state index in [2.05, 4.69) is 11.6 Å². The molecule has 1 N–H and O–H groups in total. The van der Waals surface area contributed by atoms with Gasteiger partial charge in [0, 0.05) is 18.1 Å². The maximum atomic E-state index is 6.82. The van der Waals surface area contributed by atoms with E-state index < -0.39 is 0 Å². The Morgan fingerprint density at radius 2 is 2.10 bits per heavy atom. The third-order valence-electron chi connectivity index (χ3n) is 0.995. The topological polar surface area (TPSA) is 36.2 Å². The lowest BCUT2D eigenvalue weighted by Gasteiger charge is -1.86. The molecular weight excluding hydrogens is 124 g/mol. The van der Waals surface area contributed by atoms with Gasteiger partial charge in [0.1, 0.15) is 0 Å². The fourth-order valence-electron chi connectivity index (χ4n) is 0.294. The number of rotatable bonds is 3. The molecule has 0 aromatic carbocycles. The van der Waals surface area contributed by atoms with Gasteiger partial charge in [0.25, 0.3) is 0 Å². The number of allylic oxidation sites excluding steroid dienone is 2. The van der Waals surface area contributed by atoms with Crippen LogP contribution in [0, 0.1) is 5.41 Å². The van der Waals surface area contributed by atoms with E-state index in [0.29, 0.717) is 0 Å². The van der Waals surface area contributed by atoms with Crippen molar-refractivity contribution >= 4 is 11.9 Å². The highest BCUT2D eigenvalue weighted by atomic mass is 14.7. The third-order valence-corrected chi connectivity index (χ3v) is 0.995. The second kappa shape index (κ2) is 4.68. The van der Waals surface area contributed by atoms with Crippen LogP contribution in [0.25, 0.3) is 0 Å². The molecule has 0 radical (unpaired) electrons. The van der Waals surface area contributed by atoms with Gasteiger partial charge in [0.2, 0.25) is 0 Å². The minimum atomic E-state index is 0.834. The van der Waals surface area contributed by atoms with Crippen molar-refractivity contribution in [2.75, 3.05) is 0 Å². The first-order valence-corrected chi connectivity index (χ1v) is 3.04. The van der Waals surface area contributed by atoms with Crippen LogP contribution in [0.1, 0.15) is 13.8 Å². The van der Waals surface area contributed by atoms with E-state index >= 15 is 0 Å². The highest BCUT2D eigenvalue weighted by Gasteiger charge is 1.78. The van der Waals surface area contributed by atoms with E-state index in [1.165, 1.54) is 6.21 Å². The number of hydrogen-bond donors (Lipinski definition) is 1. The summed E-state index contributed by atoms with van der Waals surface area (Å²) in [6.45, 7) is 7.24. The molecule has 0 bridgehead atoms. The van der Waals surface area contributed by atoms with Crippen LogP contribution in [0.15, 0.2) is 29.4 Å². The average Bonchev–Trinajstić information content (AvgIpc) is 1.99. The molecule has 0 aliphatic rings. The molecule has 0 atom stereocenters. The molecule has 0 saturated heterocycles. The normalized spacial score (nSPS) is 13.0. The van der Waals surface area contributed by atoms with Gasteiger partial charge >= 0.3 is 0 Å². The molecule has 0 aromatic heterocycles. The number of nitrogens with one attached hydrogen (secondary N) is 1. The smallest absolute Gasteiger partial charge is 0.0366 e. The molecule has 2 nitrogen and oxygen atoms in total. The molecule has 0 rings (SSSR count). The summed E-state index contributed by atoms with van der Waals surface area (Å²) in [7, 11) is 0. The van der Waals surface area contributed by atoms with Crippen LogP contribution < -0.4 is 0 Å². The van der Waals surface area contributed by atoms with Crippen LogP contribution in [-0.2, 0) is 0 Å². The fourth-order valence-corrected chi connectivity index (χ4v) is 0.294. The Kier molecular flexibility index (Phi) is 4.12. The molecule has 0 aliphatic carbocycles. The Hall–Kier alpha value is -1.18. The molecule has 0 heterocycles. The summed E-state index contributed by atoms with van der Waals surface area (Å²) in [6.07, 6.45) is 4.58. The van der Waals surface area contributed by atoms with Crippen LogP contribution in [0.3, 0.4) is 0 Å². The first-order chi connectivity index (χ1) is 4.70. The molecule has 10 heavy (non-hydrogen) atoms. The van der Waals surface area contributed by atoms with Crippen LogP contribution in [0.2, 0.25) is 0 Å². The summed E-state index contributed by atoms with van der Waals surface area (Å²) in [6, 6.07) is 0. The van der Waals surface area contributed by atoms with Crippen molar-refractivity contribution < 1.29 is 0 Å². The fraction of sp³-hybridized carbons (Fsp3) is 0.250. The van der Waals surface area contributed by atoms with E-state index in [1.807, 2.05) is 13.8 Å². The van der Waals surface area contributed by atoms with Crippen molar-refractivity contribution in [3.8, 4) is 0 Å². The Morgan fingerprint density at radius 3 is 2.50 bits per heavy atom. The van der Waals surface area contributed by atoms with Gasteiger partial charge in [0.15, 0.2) is 0 Å². The Morgan fingerprint density at radius 1 is 1.50 bits per heavy atom. The average molecular weight is 136 g/mol. The third kappa shape index (κ3) is 3.78. The van der Waals surface area contributed by atoms with Gasteiger partial charge in [0.05, 0.1) is 0 Å².